The first-order valence-corrected chi connectivity index (χ1v) is 6.27. The van der Waals surface area contributed by atoms with Gasteiger partial charge in [-0.25, -0.2) is 4.98 Å². The minimum atomic E-state index is -0.153. The molecular weight excluding hydrogens is 238 g/mol. The third-order valence-corrected chi connectivity index (χ3v) is 2.68. The van der Waals surface area contributed by atoms with Gasteiger partial charge in [-0.15, -0.1) is 0 Å². The quantitative estimate of drug-likeness (QED) is 0.882. The molecule has 0 radical (unpaired) electrons. The second kappa shape index (κ2) is 6.00. The number of hydrogen-bond donors (Lipinski definition) is 2. The first kappa shape index (κ1) is 13.1. The van der Waals surface area contributed by atoms with E-state index < -0.39 is 0 Å². The summed E-state index contributed by atoms with van der Waals surface area (Å²) in [7, 11) is 0. The summed E-state index contributed by atoms with van der Waals surface area (Å²) in [6.07, 6.45) is 1.73. The fourth-order valence-corrected chi connectivity index (χ4v) is 1.67. The third kappa shape index (κ3) is 3.55. The molecule has 19 heavy (non-hydrogen) atoms. The van der Waals surface area contributed by atoms with Crippen molar-refractivity contribution in [3.8, 4) is 0 Å². The van der Waals surface area contributed by atoms with Gasteiger partial charge in [-0.2, -0.15) is 0 Å². The lowest BCUT2D eigenvalue weighted by Crippen LogP contribution is -2.12. The van der Waals surface area contributed by atoms with Crippen molar-refractivity contribution in [3.05, 3.63) is 53.7 Å². The number of carbonyl (C=O) groups excluding carboxylic acids is 1. The van der Waals surface area contributed by atoms with Crippen LogP contribution >= 0.6 is 0 Å². The van der Waals surface area contributed by atoms with Gasteiger partial charge in [-0.1, -0.05) is 6.07 Å². The van der Waals surface area contributed by atoms with E-state index in [1.54, 1.807) is 24.4 Å². The molecule has 1 aromatic carbocycles. The normalized spacial score (nSPS) is 10.0. The molecule has 2 N–H and O–H groups in total. The number of hydrogen-bond acceptors (Lipinski definition) is 3. The highest BCUT2D eigenvalue weighted by atomic mass is 16.1. The van der Waals surface area contributed by atoms with Crippen LogP contribution in [0.1, 0.15) is 22.8 Å². The highest BCUT2D eigenvalue weighted by Gasteiger charge is 2.06. The topological polar surface area (TPSA) is 54.0 Å². The molecule has 1 heterocycles. The Labute approximate surface area is 112 Å². The highest BCUT2D eigenvalue weighted by Crippen LogP contribution is 2.11. The van der Waals surface area contributed by atoms with Crippen molar-refractivity contribution in [1.29, 1.82) is 0 Å². The fourth-order valence-electron chi connectivity index (χ4n) is 1.67. The van der Waals surface area contributed by atoms with Gasteiger partial charge in [0.25, 0.3) is 5.91 Å². The Morgan fingerprint density at radius 1 is 1.16 bits per heavy atom. The van der Waals surface area contributed by atoms with E-state index in [-0.39, 0.29) is 5.91 Å². The maximum Gasteiger partial charge on any atom is 0.256 e. The van der Waals surface area contributed by atoms with Crippen LogP contribution in [0.3, 0.4) is 0 Å². The van der Waals surface area contributed by atoms with E-state index in [1.807, 2.05) is 32.0 Å². The second-order valence-electron chi connectivity index (χ2n) is 4.28. The SMILES string of the molecule is CCNc1ccc(C(=O)Nc2ccc(C)cn2)cc1. The monoisotopic (exact) mass is 255 g/mol. The molecule has 2 rings (SSSR count). The number of nitrogens with one attached hydrogen (secondary N) is 2. The molecule has 0 aliphatic heterocycles. The molecule has 4 heteroatoms. The van der Waals surface area contributed by atoms with E-state index in [0.29, 0.717) is 11.4 Å². The minimum Gasteiger partial charge on any atom is -0.385 e. The molecular formula is C15H17N3O. The average molecular weight is 255 g/mol. The van der Waals surface area contributed by atoms with Gasteiger partial charge in [0, 0.05) is 24.0 Å². The average Bonchev–Trinajstić information content (AvgIpc) is 2.42. The number of rotatable bonds is 4. The van der Waals surface area contributed by atoms with Gasteiger partial charge < -0.3 is 10.6 Å². The van der Waals surface area contributed by atoms with Crippen LogP contribution in [0, 0.1) is 6.92 Å². The van der Waals surface area contributed by atoms with Gasteiger partial charge >= 0.3 is 0 Å². The number of aryl methyl sites for hydroxylation is 1. The molecule has 1 amide bonds. The fraction of sp³-hybridized carbons (Fsp3) is 0.200. The summed E-state index contributed by atoms with van der Waals surface area (Å²) >= 11 is 0. The Morgan fingerprint density at radius 2 is 1.89 bits per heavy atom. The van der Waals surface area contributed by atoms with Crippen molar-refractivity contribution in [2.45, 2.75) is 13.8 Å². The predicted octanol–water partition coefficient (Wildman–Crippen LogP) is 3.07. The Hall–Kier alpha value is -2.36. The molecule has 98 valence electrons. The number of pyridine rings is 1. The first-order valence-electron chi connectivity index (χ1n) is 6.27. The van der Waals surface area contributed by atoms with Crippen LogP contribution in [0.5, 0.6) is 0 Å². The van der Waals surface area contributed by atoms with Gasteiger partial charge in [0.2, 0.25) is 0 Å². The summed E-state index contributed by atoms with van der Waals surface area (Å²) < 4.78 is 0. The van der Waals surface area contributed by atoms with Crippen LogP contribution in [0.4, 0.5) is 11.5 Å². The van der Waals surface area contributed by atoms with Crippen molar-refractivity contribution >= 4 is 17.4 Å². The summed E-state index contributed by atoms with van der Waals surface area (Å²) in [6.45, 7) is 4.85. The van der Waals surface area contributed by atoms with E-state index in [0.717, 1.165) is 17.8 Å². The Balaban J connectivity index is 2.05. The van der Waals surface area contributed by atoms with Gasteiger partial charge in [0.1, 0.15) is 5.82 Å². The number of amides is 1. The summed E-state index contributed by atoms with van der Waals surface area (Å²) in [5, 5.41) is 5.95. The zero-order valence-electron chi connectivity index (χ0n) is 11.1. The van der Waals surface area contributed by atoms with E-state index in [2.05, 4.69) is 15.6 Å². The summed E-state index contributed by atoms with van der Waals surface area (Å²) in [5.74, 6) is 0.408. The number of carbonyl (C=O) groups is 1. The molecule has 0 aliphatic carbocycles. The third-order valence-electron chi connectivity index (χ3n) is 2.68. The molecule has 0 saturated heterocycles. The Kier molecular flexibility index (Phi) is 4.13. The number of nitrogens with zero attached hydrogens (tertiary/aromatic N) is 1. The predicted molar refractivity (Wildman–Crippen MR) is 77.5 cm³/mol. The molecule has 4 nitrogen and oxygen atoms in total. The van der Waals surface area contributed by atoms with Crippen molar-refractivity contribution in [2.24, 2.45) is 0 Å². The zero-order chi connectivity index (χ0) is 13.7. The van der Waals surface area contributed by atoms with E-state index >= 15 is 0 Å². The molecule has 2 aromatic rings. The Morgan fingerprint density at radius 3 is 2.47 bits per heavy atom. The van der Waals surface area contributed by atoms with Gasteiger partial charge in [-0.05, 0) is 49.7 Å². The molecule has 0 saturated carbocycles. The van der Waals surface area contributed by atoms with E-state index in [4.69, 9.17) is 0 Å². The minimum absolute atomic E-state index is 0.153. The van der Waals surface area contributed by atoms with Crippen LogP contribution in [-0.4, -0.2) is 17.4 Å². The Bertz CT molecular complexity index is 547. The van der Waals surface area contributed by atoms with Crippen LogP contribution < -0.4 is 10.6 Å². The molecule has 0 spiro atoms. The molecule has 0 unspecified atom stereocenters. The molecule has 1 aromatic heterocycles. The van der Waals surface area contributed by atoms with Gasteiger partial charge in [0.05, 0.1) is 0 Å². The maximum absolute atomic E-state index is 12.0. The van der Waals surface area contributed by atoms with Crippen molar-refractivity contribution in [2.75, 3.05) is 17.2 Å². The van der Waals surface area contributed by atoms with Crippen molar-refractivity contribution < 1.29 is 4.79 Å². The van der Waals surface area contributed by atoms with E-state index in [1.165, 1.54) is 0 Å². The lowest BCUT2D eigenvalue weighted by Gasteiger charge is -2.06. The lowest BCUT2D eigenvalue weighted by atomic mass is 10.2. The number of benzene rings is 1. The summed E-state index contributed by atoms with van der Waals surface area (Å²) in [6, 6.07) is 11.1. The highest BCUT2D eigenvalue weighted by molar-refractivity contribution is 6.03. The van der Waals surface area contributed by atoms with Crippen molar-refractivity contribution in [1.82, 2.24) is 4.98 Å². The van der Waals surface area contributed by atoms with Crippen LogP contribution in [0.2, 0.25) is 0 Å². The summed E-state index contributed by atoms with van der Waals surface area (Å²) in [4.78, 5) is 16.1. The molecule has 0 atom stereocenters. The molecule has 0 aliphatic rings. The zero-order valence-corrected chi connectivity index (χ0v) is 11.1. The van der Waals surface area contributed by atoms with E-state index in [9.17, 15) is 4.79 Å². The smallest absolute Gasteiger partial charge is 0.256 e. The number of anilines is 2. The van der Waals surface area contributed by atoms with Crippen LogP contribution in [-0.2, 0) is 0 Å². The standard InChI is InChI=1S/C15H17N3O/c1-3-16-13-7-5-12(6-8-13)15(19)18-14-9-4-11(2)10-17-14/h4-10,16H,3H2,1-2H3,(H,17,18,19). The lowest BCUT2D eigenvalue weighted by molar-refractivity contribution is 0.102. The summed E-state index contributed by atoms with van der Waals surface area (Å²) in [5.41, 5.74) is 2.68. The first-order chi connectivity index (χ1) is 9.19. The molecule has 0 bridgehead atoms. The van der Waals surface area contributed by atoms with Gasteiger partial charge in [0.15, 0.2) is 0 Å². The molecule has 0 fully saturated rings. The maximum atomic E-state index is 12.0. The largest absolute Gasteiger partial charge is 0.385 e. The van der Waals surface area contributed by atoms with Crippen molar-refractivity contribution in [3.63, 3.8) is 0 Å². The van der Waals surface area contributed by atoms with Crippen LogP contribution in [0.15, 0.2) is 42.6 Å². The number of aromatic nitrogens is 1. The van der Waals surface area contributed by atoms with Gasteiger partial charge in [-0.3, -0.25) is 4.79 Å². The van der Waals surface area contributed by atoms with Crippen LogP contribution in [0.25, 0.3) is 0 Å². The second-order valence-corrected chi connectivity index (χ2v) is 4.28.